The second-order valence-corrected chi connectivity index (χ2v) is 6.32. The molecular formula is C19H15ClN4O. The van der Waals surface area contributed by atoms with Gasteiger partial charge in [-0.1, -0.05) is 11.6 Å². The molecule has 6 heteroatoms. The number of halogens is 1. The minimum Gasteiger partial charge on any atom is -0.496 e. The van der Waals surface area contributed by atoms with Gasteiger partial charge in [-0.25, -0.2) is 0 Å². The molecule has 0 saturated carbocycles. The predicted octanol–water partition coefficient (Wildman–Crippen LogP) is 4.41. The van der Waals surface area contributed by atoms with Crippen LogP contribution >= 0.6 is 11.6 Å². The number of benzene rings is 2. The third-order valence-corrected chi connectivity index (χ3v) is 4.82. The Morgan fingerprint density at radius 3 is 2.96 bits per heavy atom. The lowest BCUT2D eigenvalue weighted by molar-refractivity contribution is 0.408. The number of rotatable bonds is 3. The second-order valence-electron chi connectivity index (χ2n) is 5.94. The Kier molecular flexibility index (Phi) is 3.63. The third-order valence-electron chi connectivity index (χ3n) is 4.44. The van der Waals surface area contributed by atoms with Gasteiger partial charge in [0.2, 0.25) is 0 Å². The first-order chi connectivity index (χ1) is 12.1. The highest BCUT2D eigenvalue weighted by Crippen LogP contribution is 2.32. The Morgan fingerprint density at radius 2 is 2.20 bits per heavy atom. The van der Waals surface area contributed by atoms with Crippen molar-refractivity contribution in [3.8, 4) is 11.8 Å². The van der Waals surface area contributed by atoms with E-state index in [1.807, 2.05) is 35.3 Å². The van der Waals surface area contributed by atoms with Gasteiger partial charge in [0.1, 0.15) is 17.3 Å². The van der Waals surface area contributed by atoms with Gasteiger partial charge in [-0.15, -0.1) is 0 Å². The fourth-order valence-corrected chi connectivity index (χ4v) is 3.47. The van der Waals surface area contributed by atoms with Crippen molar-refractivity contribution in [1.82, 2.24) is 14.8 Å². The van der Waals surface area contributed by atoms with Gasteiger partial charge in [0.05, 0.1) is 24.2 Å². The lowest BCUT2D eigenvalue weighted by atomic mass is 10.0. The Bertz CT molecular complexity index is 1150. The summed E-state index contributed by atoms with van der Waals surface area (Å²) in [6, 6.07) is 9.74. The fourth-order valence-electron chi connectivity index (χ4n) is 3.21. The summed E-state index contributed by atoms with van der Waals surface area (Å²) in [5, 5.41) is 16.1. The van der Waals surface area contributed by atoms with E-state index in [0.29, 0.717) is 22.6 Å². The van der Waals surface area contributed by atoms with E-state index in [-0.39, 0.29) is 0 Å². The van der Waals surface area contributed by atoms with E-state index in [4.69, 9.17) is 21.6 Å². The van der Waals surface area contributed by atoms with Crippen LogP contribution in [-0.2, 0) is 6.54 Å². The molecule has 124 valence electrons. The highest BCUT2D eigenvalue weighted by atomic mass is 35.5. The summed E-state index contributed by atoms with van der Waals surface area (Å²) in [7, 11) is 1.67. The van der Waals surface area contributed by atoms with Gasteiger partial charge in [0.15, 0.2) is 0 Å². The van der Waals surface area contributed by atoms with Crippen molar-refractivity contribution in [3.63, 3.8) is 0 Å². The van der Waals surface area contributed by atoms with E-state index in [1.54, 1.807) is 13.2 Å². The van der Waals surface area contributed by atoms with Gasteiger partial charge in [-0.3, -0.25) is 4.68 Å². The largest absolute Gasteiger partial charge is 0.496 e. The molecular weight excluding hydrogens is 336 g/mol. The number of aromatic amines is 1. The number of aryl methyl sites for hydroxylation is 1. The maximum Gasteiger partial charge on any atom is 0.124 e. The number of nitrogens with one attached hydrogen (secondary N) is 1. The normalized spacial score (nSPS) is 11.1. The average Bonchev–Trinajstić information content (AvgIpc) is 3.25. The summed E-state index contributed by atoms with van der Waals surface area (Å²) in [4.78, 5) is 3.27. The molecule has 0 bridgehead atoms. The molecule has 1 N–H and O–H groups in total. The maximum atomic E-state index is 9.12. The van der Waals surface area contributed by atoms with Gasteiger partial charge < -0.3 is 9.72 Å². The standard InChI is InChI=1S/C19H15ClN4O/c1-11-7-16(25-2)15(14-5-6-22-18(11)14)10-24-9-13-4-3-12(8-21)17(20)19(13)23-24/h3-7,9,22H,10H2,1-2H3. The predicted molar refractivity (Wildman–Crippen MR) is 98.1 cm³/mol. The van der Waals surface area contributed by atoms with E-state index in [0.717, 1.165) is 33.2 Å². The van der Waals surface area contributed by atoms with Gasteiger partial charge in [0.25, 0.3) is 0 Å². The van der Waals surface area contributed by atoms with Crippen LogP contribution in [0.15, 0.2) is 36.7 Å². The molecule has 4 rings (SSSR count). The van der Waals surface area contributed by atoms with E-state index in [2.05, 4.69) is 23.1 Å². The molecule has 0 amide bonds. The Labute approximate surface area is 149 Å². The number of methoxy groups -OCH3 is 1. The van der Waals surface area contributed by atoms with E-state index in [9.17, 15) is 0 Å². The van der Waals surface area contributed by atoms with Crippen LogP contribution in [0.3, 0.4) is 0 Å². The first-order valence-corrected chi connectivity index (χ1v) is 8.19. The van der Waals surface area contributed by atoms with Crippen molar-refractivity contribution < 1.29 is 4.74 Å². The summed E-state index contributed by atoms with van der Waals surface area (Å²) in [5.41, 5.74) is 4.34. The number of ether oxygens (including phenoxy) is 1. The summed E-state index contributed by atoms with van der Waals surface area (Å²) in [6.45, 7) is 2.60. The quantitative estimate of drug-likeness (QED) is 0.595. The van der Waals surface area contributed by atoms with E-state index >= 15 is 0 Å². The molecule has 5 nitrogen and oxygen atoms in total. The van der Waals surface area contributed by atoms with Crippen molar-refractivity contribution in [2.45, 2.75) is 13.5 Å². The van der Waals surface area contributed by atoms with Crippen LogP contribution in [0.4, 0.5) is 0 Å². The minimum atomic E-state index is 0.390. The Hall–Kier alpha value is -2.97. The van der Waals surface area contributed by atoms with Crippen LogP contribution in [0.1, 0.15) is 16.7 Å². The molecule has 2 aromatic heterocycles. The Morgan fingerprint density at radius 1 is 1.36 bits per heavy atom. The first kappa shape index (κ1) is 15.6. The molecule has 2 heterocycles. The Balaban J connectivity index is 1.86. The van der Waals surface area contributed by atoms with Crippen molar-refractivity contribution in [1.29, 1.82) is 5.26 Å². The summed E-state index contributed by atoms with van der Waals surface area (Å²) in [6.07, 6.45) is 3.86. The van der Waals surface area contributed by atoms with Crippen LogP contribution in [0.5, 0.6) is 5.75 Å². The number of nitrogens with zero attached hydrogens (tertiary/aromatic N) is 3. The first-order valence-electron chi connectivity index (χ1n) is 7.81. The van der Waals surface area contributed by atoms with Crippen LogP contribution in [-0.4, -0.2) is 21.9 Å². The fraction of sp³-hybridized carbons (Fsp3) is 0.158. The summed E-state index contributed by atoms with van der Waals surface area (Å²) >= 11 is 6.29. The molecule has 0 aliphatic heterocycles. The van der Waals surface area contributed by atoms with Gasteiger partial charge >= 0.3 is 0 Å². The second kappa shape index (κ2) is 5.83. The zero-order chi connectivity index (χ0) is 17.6. The van der Waals surface area contributed by atoms with Crippen LogP contribution < -0.4 is 4.74 Å². The zero-order valence-electron chi connectivity index (χ0n) is 13.8. The molecule has 0 fully saturated rings. The average molecular weight is 351 g/mol. The lowest BCUT2D eigenvalue weighted by Gasteiger charge is -2.12. The molecule has 2 aromatic carbocycles. The highest BCUT2D eigenvalue weighted by molar-refractivity contribution is 6.36. The number of aromatic nitrogens is 3. The van der Waals surface area contributed by atoms with Crippen molar-refractivity contribution >= 4 is 33.4 Å². The minimum absolute atomic E-state index is 0.390. The molecule has 0 atom stereocenters. The van der Waals surface area contributed by atoms with Crippen molar-refractivity contribution in [2.75, 3.05) is 7.11 Å². The number of hydrogen-bond acceptors (Lipinski definition) is 3. The monoisotopic (exact) mass is 350 g/mol. The zero-order valence-corrected chi connectivity index (χ0v) is 14.6. The number of nitriles is 1. The smallest absolute Gasteiger partial charge is 0.124 e. The van der Waals surface area contributed by atoms with Gasteiger partial charge in [0, 0.05) is 34.2 Å². The molecule has 4 aromatic rings. The third kappa shape index (κ3) is 2.43. The van der Waals surface area contributed by atoms with E-state index < -0.39 is 0 Å². The highest BCUT2D eigenvalue weighted by Gasteiger charge is 2.15. The molecule has 0 aliphatic rings. The van der Waals surface area contributed by atoms with Crippen molar-refractivity contribution in [2.24, 2.45) is 0 Å². The van der Waals surface area contributed by atoms with Crippen LogP contribution in [0, 0.1) is 18.3 Å². The number of hydrogen-bond donors (Lipinski definition) is 1. The van der Waals surface area contributed by atoms with Crippen molar-refractivity contribution in [3.05, 3.63) is 58.4 Å². The van der Waals surface area contributed by atoms with Gasteiger partial charge in [-0.2, -0.15) is 10.4 Å². The number of H-pyrrole nitrogens is 1. The molecule has 0 unspecified atom stereocenters. The number of fused-ring (bicyclic) bond motifs is 2. The summed E-state index contributed by atoms with van der Waals surface area (Å²) < 4.78 is 7.42. The van der Waals surface area contributed by atoms with E-state index in [1.165, 1.54) is 0 Å². The SMILES string of the molecule is COc1cc(C)c2[nH]ccc2c1Cn1cc2ccc(C#N)c(Cl)c2n1. The van der Waals surface area contributed by atoms with Crippen LogP contribution in [0.25, 0.3) is 21.8 Å². The maximum absolute atomic E-state index is 9.12. The van der Waals surface area contributed by atoms with Gasteiger partial charge in [-0.05, 0) is 36.8 Å². The lowest BCUT2D eigenvalue weighted by Crippen LogP contribution is -2.03. The topological polar surface area (TPSA) is 66.6 Å². The molecule has 0 spiro atoms. The molecule has 0 aliphatic carbocycles. The molecule has 0 radical (unpaired) electrons. The van der Waals surface area contributed by atoms with Crippen LogP contribution in [0.2, 0.25) is 5.02 Å². The molecule has 25 heavy (non-hydrogen) atoms. The summed E-state index contributed by atoms with van der Waals surface area (Å²) in [5.74, 6) is 0.827. The molecule has 0 saturated heterocycles.